The van der Waals surface area contributed by atoms with Crippen LogP contribution in [0.3, 0.4) is 0 Å². The molecule has 2 atom stereocenters. The van der Waals surface area contributed by atoms with Crippen molar-refractivity contribution in [1.82, 2.24) is 20.4 Å². The summed E-state index contributed by atoms with van der Waals surface area (Å²) in [5, 5.41) is 11.7. The van der Waals surface area contributed by atoms with E-state index in [1.807, 2.05) is 19.2 Å². The second kappa shape index (κ2) is 11.3. The van der Waals surface area contributed by atoms with Gasteiger partial charge >= 0.3 is 6.18 Å². The van der Waals surface area contributed by atoms with Crippen LogP contribution < -0.4 is 16.0 Å². The highest BCUT2D eigenvalue weighted by molar-refractivity contribution is 6.01. The predicted octanol–water partition coefficient (Wildman–Crippen LogP) is 4.33. The monoisotopic (exact) mass is 593 g/mol. The largest absolute Gasteiger partial charge is 0.416 e. The normalized spacial score (nSPS) is 19.6. The van der Waals surface area contributed by atoms with Crippen molar-refractivity contribution >= 4 is 23.4 Å². The van der Waals surface area contributed by atoms with Gasteiger partial charge in [-0.2, -0.15) is 18.3 Å². The average Bonchev–Trinajstić information content (AvgIpc) is 3.84. The van der Waals surface area contributed by atoms with E-state index in [-0.39, 0.29) is 35.0 Å². The fraction of sp³-hybridized carbons (Fsp3) is 0.586. The molecule has 1 aromatic heterocycles. The van der Waals surface area contributed by atoms with E-state index in [0.29, 0.717) is 5.69 Å². The summed E-state index contributed by atoms with van der Waals surface area (Å²) in [5.74, 6) is -3.40. The highest BCUT2D eigenvalue weighted by Crippen LogP contribution is 2.51. The minimum atomic E-state index is -4.70. The van der Waals surface area contributed by atoms with E-state index < -0.39 is 60.4 Å². The van der Waals surface area contributed by atoms with E-state index in [1.165, 1.54) is 25.3 Å². The Labute approximate surface area is 240 Å². The van der Waals surface area contributed by atoms with Crippen molar-refractivity contribution in [1.29, 1.82) is 0 Å². The van der Waals surface area contributed by atoms with E-state index in [2.05, 4.69) is 15.7 Å². The van der Waals surface area contributed by atoms with Crippen molar-refractivity contribution in [3.05, 3.63) is 47.5 Å². The molecule has 2 aromatic rings. The fourth-order valence-corrected chi connectivity index (χ4v) is 5.57. The maximum atomic E-state index is 15.2. The second-order valence-electron chi connectivity index (χ2n) is 12.0. The van der Waals surface area contributed by atoms with E-state index in [9.17, 15) is 27.6 Å². The number of rotatable bonds is 11. The van der Waals surface area contributed by atoms with Gasteiger partial charge in [-0.3, -0.25) is 19.1 Å². The third-order valence-electron chi connectivity index (χ3n) is 8.43. The number of anilines is 1. The molecule has 2 aliphatic carbocycles. The van der Waals surface area contributed by atoms with E-state index in [0.717, 1.165) is 31.7 Å². The first-order valence-electron chi connectivity index (χ1n) is 14.2. The molecule has 9 nitrogen and oxygen atoms in total. The van der Waals surface area contributed by atoms with Gasteiger partial charge in [-0.05, 0) is 88.0 Å². The van der Waals surface area contributed by atoms with Crippen LogP contribution in [-0.4, -0.2) is 58.5 Å². The van der Waals surface area contributed by atoms with Gasteiger partial charge in [0.15, 0.2) is 5.54 Å². The lowest BCUT2D eigenvalue weighted by Gasteiger charge is -2.43. The van der Waals surface area contributed by atoms with Crippen LogP contribution in [0.4, 0.5) is 23.2 Å². The molecule has 228 valence electrons. The molecule has 1 aliphatic heterocycles. The predicted molar refractivity (Wildman–Crippen MR) is 144 cm³/mol. The number of ether oxygens (including phenoxy) is 1. The summed E-state index contributed by atoms with van der Waals surface area (Å²) in [7, 11) is 0. The van der Waals surface area contributed by atoms with Crippen LogP contribution in [0.2, 0.25) is 0 Å². The van der Waals surface area contributed by atoms with Crippen molar-refractivity contribution in [3.8, 4) is 0 Å². The van der Waals surface area contributed by atoms with Gasteiger partial charge in [0.1, 0.15) is 17.6 Å². The van der Waals surface area contributed by atoms with Gasteiger partial charge in [-0.1, -0.05) is 6.07 Å². The van der Waals surface area contributed by atoms with Gasteiger partial charge in [0, 0.05) is 12.2 Å². The Morgan fingerprint density at radius 1 is 1.02 bits per heavy atom. The Hall–Kier alpha value is -3.48. The van der Waals surface area contributed by atoms with Crippen LogP contribution in [0.1, 0.15) is 74.5 Å². The minimum Gasteiger partial charge on any atom is -0.376 e. The Kier molecular flexibility index (Phi) is 8.08. The summed E-state index contributed by atoms with van der Waals surface area (Å²) in [6, 6.07) is 4.28. The third-order valence-corrected chi connectivity index (χ3v) is 8.43. The molecule has 2 heterocycles. The highest BCUT2D eigenvalue weighted by Gasteiger charge is 2.61. The van der Waals surface area contributed by atoms with Gasteiger partial charge in [-0.15, -0.1) is 0 Å². The molecule has 0 radical (unpaired) electrons. The van der Waals surface area contributed by atoms with Crippen LogP contribution in [0, 0.1) is 23.6 Å². The first kappa shape index (κ1) is 30.0. The maximum Gasteiger partial charge on any atom is 0.416 e. The molecule has 3 aliphatic rings. The molecule has 2 saturated carbocycles. The lowest BCUT2D eigenvalue weighted by Crippen LogP contribution is -2.70. The number of aromatic nitrogens is 2. The third kappa shape index (κ3) is 6.02. The highest BCUT2D eigenvalue weighted by atomic mass is 19.4. The smallest absolute Gasteiger partial charge is 0.376 e. The molecule has 5 rings (SSSR count). The van der Waals surface area contributed by atoms with Crippen molar-refractivity contribution in [2.24, 2.45) is 17.8 Å². The molecular formula is C29H35F4N5O4. The van der Waals surface area contributed by atoms with Crippen molar-refractivity contribution < 1.29 is 36.7 Å². The lowest BCUT2D eigenvalue weighted by molar-refractivity contribution is -0.266. The summed E-state index contributed by atoms with van der Waals surface area (Å²) in [4.78, 5) is 39.5. The maximum absolute atomic E-state index is 15.2. The van der Waals surface area contributed by atoms with Crippen LogP contribution in [-0.2, 0) is 14.3 Å². The van der Waals surface area contributed by atoms with Gasteiger partial charge in [-0.25, -0.2) is 4.39 Å². The molecular weight excluding hydrogens is 558 g/mol. The minimum absolute atomic E-state index is 0.0752. The molecule has 3 N–H and O–H groups in total. The summed E-state index contributed by atoms with van der Waals surface area (Å²) < 4.78 is 61.8. The quantitative estimate of drug-likeness (QED) is 0.336. The van der Waals surface area contributed by atoms with E-state index >= 15 is 4.39 Å². The van der Waals surface area contributed by atoms with Gasteiger partial charge in [0.25, 0.3) is 5.91 Å². The van der Waals surface area contributed by atoms with Gasteiger partial charge in [0.05, 0.1) is 24.8 Å². The van der Waals surface area contributed by atoms with Gasteiger partial charge in [0.2, 0.25) is 11.8 Å². The zero-order valence-electron chi connectivity index (χ0n) is 23.6. The van der Waals surface area contributed by atoms with Gasteiger partial charge < -0.3 is 20.7 Å². The summed E-state index contributed by atoms with van der Waals surface area (Å²) in [6.07, 6.45) is 0.638. The molecule has 3 fully saturated rings. The Bertz CT molecular complexity index is 1340. The SMILES string of the molecule is CC(C)n1nccc1C(=O)N[C@H](C(=O)Nc1ccc([C@H](C)C(=O)NC2(C(F)(F)F)COC2)cc1F)C(C1CC1)C1CC1. The molecule has 13 heteroatoms. The summed E-state index contributed by atoms with van der Waals surface area (Å²) in [6.45, 7) is 3.77. The standard InChI is InChI=1S/C29H35F4N5O4/c1-15(2)38-22(10-11-34-38)26(40)36-24(23(17-4-5-17)18-6-7-18)27(41)35-21-9-8-19(12-20(21)30)16(3)25(39)37-28(13-42-14-28)29(31,32)33/h8-12,15-18,23-24H,4-7,13-14H2,1-3H3,(H,35,41)(H,36,40)(H,37,39)/t16-,24-/m0/s1. The first-order valence-corrected chi connectivity index (χ1v) is 14.2. The zero-order valence-corrected chi connectivity index (χ0v) is 23.6. The van der Waals surface area contributed by atoms with Crippen LogP contribution in [0.25, 0.3) is 0 Å². The van der Waals surface area contributed by atoms with Crippen molar-refractivity contribution in [2.75, 3.05) is 18.5 Å². The van der Waals surface area contributed by atoms with E-state index in [1.54, 1.807) is 10.7 Å². The number of carbonyl (C=O) groups excluding carboxylic acids is 3. The van der Waals surface area contributed by atoms with E-state index in [4.69, 9.17) is 4.74 Å². The van der Waals surface area contributed by atoms with Crippen LogP contribution in [0.15, 0.2) is 30.5 Å². The van der Waals surface area contributed by atoms with Crippen LogP contribution >= 0.6 is 0 Å². The Balaban J connectivity index is 1.31. The molecule has 3 amide bonds. The summed E-state index contributed by atoms with van der Waals surface area (Å²) >= 11 is 0. The lowest BCUT2D eigenvalue weighted by atomic mass is 9.88. The number of nitrogens with one attached hydrogen (secondary N) is 3. The number of amides is 3. The zero-order chi connectivity index (χ0) is 30.4. The number of hydrogen-bond acceptors (Lipinski definition) is 5. The number of halogens is 4. The molecule has 0 spiro atoms. The Morgan fingerprint density at radius 3 is 2.17 bits per heavy atom. The molecule has 0 bridgehead atoms. The number of hydrogen-bond donors (Lipinski definition) is 3. The van der Waals surface area contributed by atoms with Crippen molar-refractivity contribution in [3.63, 3.8) is 0 Å². The number of nitrogens with zero attached hydrogens (tertiary/aromatic N) is 2. The number of alkyl halides is 3. The first-order chi connectivity index (χ1) is 19.8. The number of carbonyl (C=O) groups is 3. The fourth-order valence-electron chi connectivity index (χ4n) is 5.57. The molecule has 1 saturated heterocycles. The molecule has 1 aromatic carbocycles. The molecule has 0 unspecified atom stereocenters. The summed E-state index contributed by atoms with van der Waals surface area (Å²) in [5.41, 5.74) is -2.17. The molecule has 42 heavy (non-hydrogen) atoms. The van der Waals surface area contributed by atoms with Crippen molar-refractivity contribution in [2.45, 2.75) is 76.2 Å². The average molecular weight is 594 g/mol. The Morgan fingerprint density at radius 2 is 1.67 bits per heavy atom. The van der Waals surface area contributed by atoms with Crippen LogP contribution in [0.5, 0.6) is 0 Å². The number of benzene rings is 1. The topological polar surface area (TPSA) is 114 Å². The second-order valence-corrected chi connectivity index (χ2v) is 12.0.